The number of halogens is 1. The number of nitro benzene ring substituents is 1. The number of aromatic nitrogens is 4. The molecule has 9 heteroatoms. The van der Waals surface area contributed by atoms with E-state index in [-0.39, 0.29) is 11.5 Å². The van der Waals surface area contributed by atoms with E-state index < -0.39 is 4.92 Å². The Morgan fingerprint density at radius 1 is 1.07 bits per heavy atom. The number of nitrogens with zero attached hydrogens (tertiary/aromatic N) is 5. The quantitative estimate of drug-likeness (QED) is 0.293. The van der Waals surface area contributed by atoms with E-state index in [2.05, 4.69) is 15.3 Å². The van der Waals surface area contributed by atoms with E-state index in [1.54, 1.807) is 40.9 Å². The number of non-ortho nitro benzene ring substituents is 1. The van der Waals surface area contributed by atoms with E-state index in [9.17, 15) is 14.5 Å². The van der Waals surface area contributed by atoms with Crippen molar-refractivity contribution >= 4 is 23.1 Å². The van der Waals surface area contributed by atoms with Crippen LogP contribution in [0.1, 0.15) is 5.56 Å². The molecule has 4 rings (SSSR count). The van der Waals surface area contributed by atoms with Crippen LogP contribution in [0.5, 0.6) is 0 Å². The monoisotopic (exact) mass is 381 g/mol. The minimum Gasteiger partial charge on any atom is -0.258 e. The molecule has 0 saturated carbocycles. The Balaban J connectivity index is 1.61. The molecule has 0 bridgehead atoms. The summed E-state index contributed by atoms with van der Waals surface area (Å²) in [6, 6.07) is 16.2. The molecule has 7 nitrogen and oxygen atoms in total. The second-order valence-electron chi connectivity index (χ2n) is 5.69. The molecule has 0 radical (unpaired) electrons. The third-order valence-corrected chi connectivity index (χ3v) is 4.82. The van der Waals surface area contributed by atoms with Gasteiger partial charge in [-0.05, 0) is 29.8 Å². The van der Waals surface area contributed by atoms with Gasteiger partial charge >= 0.3 is 0 Å². The minimum absolute atomic E-state index is 0.0590. The van der Waals surface area contributed by atoms with Gasteiger partial charge in [0.05, 0.1) is 4.92 Å². The lowest BCUT2D eigenvalue weighted by molar-refractivity contribution is -0.384. The van der Waals surface area contributed by atoms with Crippen LogP contribution in [0.4, 0.5) is 10.1 Å². The standard InChI is InChI=1S/C18H12FN5O2S/c19-14-5-2-4-13(10-14)18-21-20-16-7-8-17(22-23(16)18)27-11-12-3-1-6-15(9-12)24(25)26/h1-10H,11H2. The number of thioether (sulfide) groups is 1. The summed E-state index contributed by atoms with van der Waals surface area (Å²) in [4.78, 5) is 10.5. The van der Waals surface area contributed by atoms with Gasteiger partial charge in [0.2, 0.25) is 0 Å². The van der Waals surface area contributed by atoms with Gasteiger partial charge in [0.1, 0.15) is 10.8 Å². The van der Waals surface area contributed by atoms with Crippen LogP contribution in [0, 0.1) is 15.9 Å². The van der Waals surface area contributed by atoms with Gasteiger partial charge in [-0.15, -0.1) is 10.2 Å². The molecule has 0 spiro atoms. The number of nitro groups is 1. The van der Waals surface area contributed by atoms with Crippen LogP contribution in [0.15, 0.2) is 65.7 Å². The Labute approximate surface area is 157 Å². The topological polar surface area (TPSA) is 86.2 Å². The lowest BCUT2D eigenvalue weighted by Gasteiger charge is -2.04. The smallest absolute Gasteiger partial charge is 0.258 e. The molecule has 2 aromatic carbocycles. The maximum Gasteiger partial charge on any atom is 0.269 e. The van der Waals surface area contributed by atoms with E-state index in [4.69, 9.17) is 0 Å². The van der Waals surface area contributed by atoms with Crippen molar-refractivity contribution in [1.82, 2.24) is 19.8 Å². The molecule has 27 heavy (non-hydrogen) atoms. The first kappa shape index (κ1) is 17.1. The summed E-state index contributed by atoms with van der Waals surface area (Å²) in [6.45, 7) is 0. The Morgan fingerprint density at radius 2 is 1.93 bits per heavy atom. The van der Waals surface area contributed by atoms with Gasteiger partial charge in [0, 0.05) is 23.4 Å². The Kier molecular flexibility index (Phi) is 4.51. The molecule has 4 aromatic rings. The van der Waals surface area contributed by atoms with Crippen molar-refractivity contribution in [3.8, 4) is 11.4 Å². The molecular weight excluding hydrogens is 369 g/mol. The molecule has 0 N–H and O–H groups in total. The molecule has 2 heterocycles. The molecule has 0 saturated heterocycles. The van der Waals surface area contributed by atoms with E-state index in [0.717, 1.165) is 5.56 Å². The number of hydrogen-bond donors (Lipinski definition) is 0. The highest BCUT2D eigenvalue weighted by Gasteiger charge is 2.11. The van der Waals surface area contributed by atoms with Crippen LogP contribution in [-0.2, 0) is 5.75 Å². The van der Waals surface area contributed by atoms with Crippen LogP contribution in [0.3, 0.4) is 0 Å². The third-order valence-electron chi connectivity index (χ3n) is 3.83. The zero-order valence-electron chi connectivity index (χ0n) is 13.8. The van der Waals surface area contributed by atoms with E-state index in [1.807, 2.05) is 6.07 Å². The lowest BCUT2D eigenvalue weighted by Crippen LogP contribution is -1.97. The van der Waals surface area contributed by atoms with Crippen LogP contribution >= 0.6 is 11.8 Å². The minimum atomic E-state index is -0.416. The molecule has 134 valence electrons. The molecule has 0 atom stereocenters. The number of fused-ring (bicyclic) bond motifs is 1. The normalized spacial score (nSPS) is 11.0. The fourth-order valence-electron chi connectivity index (χ4n) is 2.57. The van der Waals surface area contributed by atoms with Crippen molar-refractivity contribution in [2.24, 2.45) is 0 Å². The molecular formula is C18H12FN5O2S. The predicted molar refractivity (Wildman–Crippen MR) is 98.8 cm³/mol. The van der Waals surface area contributed by atoms with Gasteiger partial charge in [-0.2, -0.15) is 9.61 Å². The fourth-order valence-corrected chi connectivity index (χ4v) is 3.37. The maximum absolute atomic E-state index is 13.5. The van der Waals surface area contributed by atoms with Crippen LogP contribution in [0.25, 0.3) is 17.0 Å². The maximum atomic E-state index is 13.5. The molecule has 0 aliphatic heterocycles. The van der Waals surface area contributed by atoms with Gasteiger partial charge in [-0.25, -0.2) is 4.39 Å². The predicted octanol–water partition coefficient (Wildman–Crippen LogP) is 4.13. The number of benzene rings is 2. The van der Waals surface area contributed by atoms with Crippen molar-refractivity contribution in [2.45, 2.75) is 10.8 Å². The first-order chi connectivity index (χ1) is 13.1. The summed E-state index contributed by atoms with van der Waals surface area (Å²) < 4.78 is 15.1. The summed E-state index contributed by atoms with van der Waals surface area (Å²) in [6.07, 6.45) is 0. The molecule has 0 aliphatic carbocycles. The van der Waals surface area contributed by atoms with Crippen molar-refractivity contribution in [3.63, 3.8) is 0 Å². The average Bonchev–Trinajstić information content (AvgIpc) is 3.10. The highest BCUT2D eigenvalue weighted by atomic mass is 32.2. The number of hydrogen-bond acceptors (Lipinski definition) is 6. The molecule has 0 aliphatic rings. The Bertz CT molecular complexity index is 1150. The van der Waals surface area contributed by atoms with Crippen molar-refractivity contribution < 1.29 is 9.31 Å². The van der Waals surface area contributed by atoms with Crippen molar-refractivity contribution in [1.29, 1.82) is 0 Å². The third kappa shape index (κ3) is 3.63. The summed E-state index contributed by atoms with van der Waals surface area (Å²) in [7, 11) is 0. The molecule has 0 unspecified atom stereocenters. The SMILES string of the molecule is O=[N+]([O-])c1cccc(CSc2ccc3nnc(-c4cccc(F)c4)n3n2)c1. The van der Waals surface area contributed by atoms with E-state index >= 15 is 0 Å². The van der Waals surface area contributed by atoms with Crippen LogP contribution in [-0.4, -0.2) is 24.7 Å². The second-order valence-corrected chi connectivity index (χ2v) is 6.69. The zero-order chi connectivity index (χ0) is 18.8. The summed E-state index contributed by atoms with van der Waals surface area (Å²) in [5.41, 5.74) is 2.01. The first-order valence-electron chi connectivity index (χ1n) is 7.95. The van der Waals surface area contributed by atoms with Crippen LogP contribution < -0.4 is 0 Å². The Hall–Kier alpha value is -3.33. The van der Waals surface area contributed by atoms with E-state index in [0.29, 0.717) is 27.8 Å². The number of rotatable bonds is 5. The Morgan fingerprint density at radius 3 is 2.74 bits per heavy atom. The van der Waals surface area contributed by atoms with Gasteiger partial charge in [0.25, 0.3) is 5.69 Å². The van der Waals surface area contributed by atoms with E-state index in [1.165, 1.54) is 30.0 Å². The first-order valence-corrected chi connectivity index (χ1v) is 8.93. The highest BCUT2D eigenvalue weighted by molar-refractivity contribution is 7.98. The second kappa shape index (κ2) is 7.12. The van der Waals surface area contributed by atoms with Gasteiger partial charge in [0.15, 0.2) is 11.5 Å². The zero-order valence-corrected chi connectivity index (χ0v) is 14.6. The van der Waals surface area contributed by atoms with Gasteiger partial charge < -0.3 is 0 Å². The van der Waals surface area contributed by atoms with Crippen molar-refractivity contribution in [3.05, 3.63) is 82.2 Å². The van der Waals surface area contributed by atoms with Gasteiger partial charge in [-0.1, -0.05) is 36.0 Å². The molecule has 2 aromatic heterocycles. The largest absolute Gasteiger partial charge is 0.269 e. The highest BCUT2D eigenvalue weighted by Crippen LogP contribution is 2.25. The fraction of sp³-hybridized carbons (Fsp3) is 0.0556. The lowest BCUT2D eigenvalue weighted by atomic mass is 10.2. The average molecular weight is 381 g/mol. The summed E-state index contributed by atoms with van der Waals surface area (Å²) >= 11 is 1.44. The summed E-state index contributed by atoms with van der Waals surface area (Å²) in [5, 5.41) is 24.3. The summed E-state index contributed by atoms with van der Waals surface area (Å²) in [5.74, 6) is 0.611. The molecule has 0 fully saturated rings. The van der Waals surface area contributed by atoms with Crippen LogP contribution in [0.2, 0.25) is 0 Å². The van der Waals surface area contributed by atoms with Gasteiger partial charge in [-0.3, -0.25) is 10.1 Å². The molecule has 0 amide bonds. The van der Waals surface area contributed by atoms with Crippen molar-refractivity contribution in [2.75, 3.05) is 0 Å².